The van der Waals surface area contributed by atoms with E-state index in [2.05, 4.69) is 36.1 Å². The quantitative estimate of drug-likeness (QED) is 0.469. The third kappa shape index (κ3) is 3.03. The number of benzene rings is 1. The van der Waals surface area contributed by atoms with Crippen LogP contribution < -0.4 is 21.7 Å². The molecular formula is C19H22N8O. The normalized spacial score (nSPS) is 21.4. The average molecular weight is 378 g/mol. The first kappa shape index (κ1) is 16.9. The second-order valence-corrected chi connectivity index (χ2v) is 7.40. The molecular weight excluding hydrogens is 356 g/mol. The molecule has 9 heteroatoms. The molecule has 1 saturated carbocycles. The minimum atomic E-state index is -0.166. The van der Waals surface area contributed by atoms with E-state index in [-0.39, 0.29) is 18.0 Å². The van der Waals surface area contributed by atoms with Crippen molar-refractivity contribution in [2.24, 2.45) is 5.73 Å². The molecule has 2 aromatic heterocycles. The third-order valence-electron chi connectivity index (χ3n) is 5.47. The molecule has 0 bridgehead atoms. The van der Waals surface area contributed by atoms with Crippen molar-refractivity contribution in [2.75, 3.05) is 10.6 Å². The fourth-order valence-corrected chi connectivity index (χ4v) is 3.94. The summed E-state index contributed by atoms with van der Waals surface area (Å²) in [5.74, 6) is 0.828. The Hall–Kier alpha value is -3.20. The lowest BCUT2D eigenvalue weighted by Crippen LogP contribution is -2.43. The van der Waals surface area contributed by atoms with E-state index < -0.39 is 0 Å². The van der Waals surface area contributed by atoms with Gasteiger partial charge >= 0.3 is 0 Å². The van der Waals surface area contributed by atoms with Crippen LogP contribution in [0.5, 0.6) is 0 Å². The molecule has 3 aromatic rings. The number of hydrogen-bond acceptors (Lipinski definition) is 7. The topological polar surface area (TPSA) is 134 Å². The Kier molecular flexibility index (Phi) is 4.09. The number of rotatable bonds is 4. The van der Waals surface area contributed by atoms with Gasteiger partial charge in [-0.3, -0.25) is 9.89 Å². The predicted molar refractivity (Wildman–Crippen MR) is 106 cm³/mol. The maximum Gasteiger partial charge on any atom is 0.257 e. The van der Waals surface area contributed by atoms with Crippen LogP contribution in [0.1, 0.15) is 41.7 Å². The minimum absolute atomic E-state index is 0.0876. The molecule has 0 saturated heterocycles. The summed E-state index contributed by atoms with van der Waals surface area (Å²) in [4.78, 5) is 21.5. The summed E-state index contributed by atoms with van der Waals surface area (Å²) in [6.45, 7) is 0.399. The molecule has 144 valence electrons. The lowest BCUT2D eigenvalue weighted by atomic mass is 9.91. The smallest absolute Gasteiger partial charge is 0.257 e. The molecule has 0 radical (unpaired) electrons. The van der Waals surface area contributed by atoms with Crippen molar-refractivity contribution in [1.82, 2.24) is 25.5 Å². The van der Waals surface area contributed by atoms with Gasteiger partial charge in [0.05, 0.1) is 24.0 Å². The van der Waals surface area contributed by atoms with Gasteiger partial charge in [-0.2, -0.15) is 10.1 Å². The number of hydrogen-bond donors (Lipinski definition) is 5. The zero-order valence-corrected chi connectivity index (χ0v) is 15.3. The average Bonchev–Trinajstić information content (AvgIpc) is 3.30. The Morgan fingerprint density at radius 1 is 1.18 bits per heavy atom. The Balaban J connectivity index is 1.48. The molecule has 1 amide bonds. The first-order chi connectivity index (χ1) is 13.7. The standard InChI is InChI=1S/C19H22N8O/c20-12-3-1-2-4-13(12)24-19-25-15-9-21-18(28)16(15)17(26-19)23-11-6-5-10-8-22-27-14(10)7-11/h5-8,12-13H,1-4,9,20H2,(H,21,28)(H,22,27)(H2,23,24,25,26). The van der Waals surface area contributed by atoms with Crippen LogP contribution in [-0.4, -0.2) is 38.2 Å². The highest BCUT2D eigenvalue weighted by molar-refractivity contribution is 6.03. The maximum atomic E-state index is 12.3. The van der Waals surface area contributed by atoms with Crippen LogP contribution in [-0.2, 0) is 6.54 Å². The van der Waals surface area contributed by atoms with Gasteiger partial charge < -0.3 is 21.7 Å². The number of aromatic amines is 1. The molecule has 1 aliphatic carbocycles. The lowest BCUT2D eigenvalue weighted by Gasteiger charge is -2.29. The van der Waals surface area contributed by atoms with Crippen LogP contribution in [0.25, 0.3) is 10.9 Å². The number of amides is 1. The molecule has 9 nitrogen and oxygen atoms in total. The van der Waals surface area contributed by atoms with Gasteiger partial charge in [0.25, 0.3) is 5.91 Å². The summed E-state index contributed by atoms with van der Waals surface area (Å²) in [6, 6.07) is 6.07. The van der Waals surface area contributed by atoms with Crippen LogP contribution in [0.4, 0.5) is 17.5 Å². The first-order valence-corrected chi connectivity index (χ1v) is 9.59. The van der Waals surface area contributed by atoms with Gasteiger partial charge in [-0.05, 0) is 31.0 Å². The fourth-order valence-electron chi connectivity index (χ4n) is 3.94. The number of H-pyrrole nitrogens is 1. The molecule has 2 atom stereocenters. The van der Waals surface area contributed by atoms with Crippen molar-refractivity contribution in [1.29, 1.82) is 0 Å². The van der Waals surface area contributed by atoms with E-state index >= 15 is 0 Å². The number of nitrogens with zero attached hydrogens (tertiary/aromatic N) is 3. The molecule has 1 fully saturated rings. The molecule has 28 heavy (non-hydrogen) atoms. The number of fused-ring (bicyclic) bond motifs is 2. The van der Waals surface area contributed by atoms with E-state index in [1.54, 1.807) is 6.20 Å². The summed E-state index contributed by atoms with van der Waals surface area (Å²) < 4.78 is 0. The summed E-state index contributed by atoms with van der Waals surface area (Å²) in [6.07, 6.45) is 6.07. The van der Waals surface area contributed by atoms with E-state index in [0.717, 1.165) is 42.3 Å². The number of nitrogens with one attached hydrogen (secondary N) is 4. The van der Waals surface area contributed by atoms with Gasteiger partial charge in [-0.25, -0.2) is 4.98 Å². The van der Waals surface area contributed by atoms with Crippen molar-refractivity contribution >= 4 is 34.3 Å². The van der Waals surface area contributed by atoms with Crippen molar-refractivity contribution < 1.29 is 4.79 Å². The molecule has 6 N–H and O–H groups in total. The highest BCUT2D eigenvalue weighted by atomic mass is 16.2. The number of carbonyl (C=O) groups excluding carboxylic acids is 1. The van der Waals surface area contributed by atoms with Gasteiger partial charge in [-0.1, -0.05) is 12.8 Å². The van der Waals surface area contributed by atoms with Crippen LogP contribution in [0.15, 0.2) is 24.4 Å². The molecule has 2 aliphatic rings. The largest absolute Gasteiger partial charge is 0.350 e. The number of nitrogens with two attached hydrogens (primary N) is 1. The predicted octanol–water partition coefficient (Wildman–Crippen LogP) is 2.02. The van der Waals surface area contributed by atoms with Crippen molar-refractivity contribution in [3.05, 3.63) is 35.7 Å². The first-order valence-electron chi connectivity index (χ1n) is 9.59. The SMILES string of the molecule is NC1CCCCC1Nc1nc2c(c(Nc3ccc4cn[nH]c4c3)n1)C(=O)NC2. The van der Waals surface area contributed by atoms with E-state index in [1.807, 2.05) is 18.2 Å². The Labute approximate surface area is 161 Å². The Morgan fingerprint density at radius 2 is 2.07 bits per heavy atom. The van der Waals surface area contributed by atoms with Crippen LogP contribution in [0, 0.1) is 0 Å². The highest BCUT2D eigenvalue weighted by Gasteiger charge is 2.28. The molecule has 2 unspecified atom stereocenters. The van der Waals surface area contributed by atoms with E-state index in [4.69, 9.17) is 5.73 Å². The van der Waals surface area contributed by atoms with Crippen LogP contribution in [0.3, 0.4) is 0 Å². The highest BCUT2D eigenvalue weighted by Crippen LogP contribution is 2.28. The zero-order chi connectivity index (χ0) is 19.1. The number of anilines is 3. The molecule has 0 spiro atoms. The van der Waals surface area contributed by atoms with E-state index in [0.29, 0.717) is 29.6 Å². The third-order valence-corrected chi connectivity index (χ3v) is 5.47. The van der Waals surface area contributed by atoms with E-state index in [1.165, 1.54) is 0 Å². The van der Waals surface area contributed by atoms with Crippen molar-refractivity contribution in [3.8, 4) is 0 Å². The summed E-state index contributed by atoms with van der Waals surface area (Å²) in [7, 11) is 0. The molecule has 1 aromatic carbocycles. The van der Waals surface area contributed by atoms with Gasteiger partial charge in [0.2, 0.25) is 5.95 Å². The minimum Gasteiger partial charge on any atom is -0.350 e. The van der Waals surface area contributed by atoms with Crippen LogP contribution >= 0.6 is 0 Å². The Morgan fingerprint density at radius 3 is 2.96 bits per heavy atom. The summed E-state index contributed by atoms with van der Waals surface area (Å²) in [5.41, 5.74) is 9.16. The monoisotopic (exact) mass is 378 g/mol. The Bertz CT molecular complexity index is 1050. The van der Waals surface area contributed by atoms with Gasteiger partial charge in [0, 0.05) is 23.2 Å². The second-order valence-electron chi connectivity index (χ2n) is 7.40. The van der Waals surface area contributed by atoms with Gasteiger partial charge in [0.15, 0.2) is 0 Å². The second kappa shape index (κ2) is 6.75. The molecule has 3 heterocycles. The number of aromatic nitrogens is 4. The van der Waals surface area contributed by atoms with Crippen molar-refractivity contribution in [3.63, 3.8) is 0 Å². The maximum absolute atomic E-state index is 12.3. The van der Waals surface area contributed by atoms with E-state index in [9.17, 15) is 4.79 Å². The molecule has 5 rings (SSSR count). The van der Waals surface area contributed by atoms with Crippen molar-refractivity contribution in [2.45, 2.75) is 44.3 Å². The summed E-state index contributed by atoms with van der Waals surface area (Å²) in [5, 5.41) is 17.5. The summed E-state index contributed by atoms with van der Waals surface area (Å²) >= 11 is 0. The lowest BCUT2D eigenvalue weighted by molar-refractivity contribution is 0.0966. The zero-order valence-electron chi connectivity index (χ0n) is 15.3. The van der Waals surface area contributed by atoms with Crippen LogP contribution in [0.2, 0.25) is 0 Å². The fraction of sp³-hybridized carbons (Fsp3) is 0.368. The number of carbonyl (C=O) groups is 1. The van der Waals surface area contributed by atoms with Gasteiger partial charge in [0.1, 0.15) is 11.4 Å². The molecule has 1 aliphatic heterocycles. The van der Waals surface area contributed by atoms with Gasteiger partial charge in [-0.15, -0.1) is 0 Å².